The molecule has 2 aliphatic heterocycles. The molecule has 3 heterocycles. The van der Waals surface area contributed by atoms with Gasteiger partial charge in [0.25, 0.3) is 5.91 Å². The zero-order valence-corrected chi connectivity index (χ0v) is 16.7. The number of carbonyl (C=O) groups excluding carboxylic acids is 1. The molecule has 4 rings (SSSR count). The second kappa shape index (κ2) is 10.0. The van der Waals surface area contributed by atoms with E-state index in [0.29, 0.717) is 37.3 Å². The molecule has 0 bridgehead atoms. The predicted molar refractivity (Wildman–Crippen MR) is 108 cm³/mol. The summed E-state index contributed by atoms with van der Waals surface area (Å²) in [5, 5.41) is 9.61. The Morgan fingerprint density at radius 2 is 2.00 bits per heavy atom. The molecule has 6 nitrogen and oxygen atoms in total. The standard InChI is InChI=1S/C16H23N3O2.C5H11N/c1-10(2)6-18-16(20)15-14(19-13-8-21-9-13)5-12(7-17-15)11-3-4-11;1-2-4-6-5-3-1/h5,7,10-11,13,19H,3-4,6,8-9H2,1-2H3,(H,18,20);6H,1-5H2. The van der Waals surface area contributed by atoms with E-state index in [1.54, 1.807) is 0 Å². The van der Waals surface area contributed by atoms with Gasteiger partial charge in [-0.15, -0.1) is 0 Å². The summed E-state index contributed by atoms with van der Waals surface area (Å²) in [6, 6.07) is 2.38. The SMILES string of the molecule is C1CCNCC1.CC(C)CNC(=O)c1ncc(C2CC2)cc1NC1COC1. The van der Waals surface area contributed by atoms with Crippen molar-refractivity contribution in [3.8, 4) is 0 Å². The van der Waals surface area contributed by atoms with Crippen LogP contribution in [0.15, 0.2) is 12.3 Å². The molecule has 150 valence electrons. The minimum absolute atomic E-state index is 0.103. The lowest BCUT2D eigenvalue weighted by molar-refractivity contribution is 0.0210. The van der Waals surface area contributed by atoms with Crippen LogP contribution >= 0.6 is 0 Å². The topological polar surface area (TPSA) is 75.3 Å². The lowest BCUT2D eigenvalue weighted by atomic mass is 10.1. The van der Waals surface area contributed by atoms with Gasteiger partial charge in [-0.2, -0.15) is 0 Å². The van der Waals surface area contributed by atoms with Gasteiger partial charge in [-0.25, -0.2) is 4.98 Å². The number of rotatable bonds is 6. The quantitative estimate of drug-likeness (QED) is 0.714. The Morgan fingerprint density at radius 1 is 1.26 bits per heavy atom. The van der Waals surface area contributed by atoms with Gasteiger partial charge < -0.3 is 20.7 Å². The molecule has 0 spiro atoms. The van der Waals surface area contributed by atoms with Crippen LogP contribution in [0.3, 0.4) is 0 Å². The summed E-state index contributed by atoms with van der Waals surface area (Å²) < 4.78 is 5.19. The maximum atomic E-state index is 12.3. The Labute approximate surface area is 162 Å². The first kappa shape index (κ1) is 20.1. The molecule has 3 fully saturated rings. The first-order chi connectivity index (χ1) is 13.1. The molecule has 1 amide bonds. The van der Waals surface area contributed by atoms with Crippen molar-refractivity contribution in [2.45, 2.75) is 57.9 Å². The fourth-order valence-corrected chi connectivity index (χ4v) is 3.13. The third-order valence-corrected chi connectivity index (χ3v) is 5.05. The summed E-state index contributed by atoms with van der Waals surface area (Å²) >= 11 is 0. The van der Waals surface area contributed by atoms with Crippen molar-refractivity contribution in [1.29, 1.82) is 0 Å². The summed E-state index contributed by atoms with van der Waals surface area (Å²) in [6.07, 6.45) is 8.52. The number of carbonyl (C=O) groups is 1. The highest BCUT2D eigenvalue weighted by Crippen LogP contribution is 2.40. The first-order valence-electron chi connectivity index (χ1n) is 10.5. The van der Waals surface area contributed by atoms with Crippen molar-refractivity contribution in [3.63, 3.8) is 0 Å². The van der Waals surface area contributed by atoms with Gasteiger partial charge >= 0.3 is 0 Å². The number of piperidine rings is 1. The largest absolute Gasteiger partial charge is 0.377 e. The lowest BCUT2D eigenvalue weighted by Crippen LogP contribution is -2.41. The average Bonchev–Trinajstić information content (AvgIpc) is 3.50. The first-order valence-corrected chi connectivity index (χ1v) is 10.5. The van der Waals surface area contributed by atoms with Crippen molar-refractivity contribution in [2.24, 2.45) is 5.92 Å². The molecule has 0 atom stereocenters. The van der Waals surface area contributed by atoms with E-state index in [-0.39, 0.29) is 11.9 Å². The van der Waals surface area contributed by atoms with Gasteiger partial charge in [0.05, 0.1) is 24.9 Å². The molecule has 0 radical (unpaired) electrons. The second-order valence-electron chi connectivity index (χ2n) is 8.23. The molecule has 1 aliphatic carbocycles. The summed E-state index contributed by atoms with van der Waals surface area (Å²) in [5.41, 5.74) is 2.57. The summed E-state index contributed by atoms with van der Waals surface area (Å²) in [4.78, 5) is 16.7. The number of nitrogens with zero attached hydrogens (tertiary/aromatic N) is 1. The molecule has 27 heavy (non-hydrogen) atoms. The number of anilines is 1. The third kappa shape index (κ3) is 6.47. The maximum Gasteiger partial charge on any atom is 0.272 e. The minimum atomic E-state index is -0.103. The van der Waals surface area contributed by atoms with E-state index in [0.717, 1.165) is 5.69 Å². The predicted octanol–water partition coefficient (Wildman–Crippen LogP) is 2.92. The van der Waals surface area contributed by atoms with E-state index < -0.39 is 0 Å². The molecular weight excluding hydrogens is 340 g/mol. The van der Waals surface area contributed by atoms with Gasteiger partial charge in [-0.1, -0.05) is 20.3 Å². The molecule has 3 aliphatic rings. The van der Waals surface area contributed by atoms with Crippen LogP contribution in [0.5, 0.6) is 0 Å². The summed E-state index contributed by atoms with van der Waals surface area (Å²) in [7, 11) is 0. The number of nitrogens with one attached hydrogen (secondary N) is 3. The number of amides is 1. The van der Waals surface area contributed by atoms with Crippen LogP contribution in [0.4, 0.5) is 5.69 Å². The van der Waals surface area contributed by atoms with Gasteiger partial charge in [0.15, 0.2) is 5.69 Å². The van der Waals surface area contributed by atoms with E-state index in [1.807, 2.05) is 6.20 Å². The molecule has 0 aromatic carbocycles. The Balaban J connectivity index is 0.000000299. The molecule has 1 aromatic heterocycles. The highest BCUT2D eigenvalue weighted by atomic mass is 16.5. The Bertz CT molecular complexity index is 597. The van der Waals surface area contributed by atoms with E-state index in [1.165, 1.54) is 50.8 Å². The van der Waals surface area contributed by atoms with E-state index in [2.05, 4.69) is 40.8 Å². The molecular formula is C21H34N4O2. The highest BCUT2D eigenvalue weighted by Gasteiger charge is 2.27. The Kier molecular flexibility index (Phi) is 7.47. The molecule has 0 unspecified atom stereocenters. The van der Waals surface area contributed by atoms with Gasteiger partial charge in [-0.05, 0) is 62.2 Å². The van der Waals surface area contributed by atoms with Crippen LogP contribution < -0.4 is 16.0 Å². The Morgan fingerprint density at radius 3 is 2.48 bits per heavy atom. The van der Waals surface area contributed by atoms with Crippen molar-refractivity contribution >= 4 is 11.6 Å². The number of pyridine rings is 1. The fraction of sp³-hybridized carbons (Fsp3) is 0.714. The van der Waals surface area contributed by atoms with Crippen LogP contribution in [-0.2, 0) is 4.74 Å². The molecule has 2 saturated heterocycles. The van der Waals surface area contributed by atoms with Gasteiger partial charge in [0.2, 0.25) is 0 Å². The highest BCUT2D eigenvalue weighted by molar-refractivity contribution is 5.97. The molecule has 1 saturated carbocycles. The fourth-order valence-electron chi connectivity index (χ4n) is 3.13. The third-order valence-electron chi connectivity index (χ3n) is 5.05. The zero-order chi connectivity index (χ0) is 19.1. The van der Waals surface area contributed by atoms with Crippen molar-refractivity contribution in [2.75, 3.05) is 38.2 Å². The summed E-state index contributed by atoms with van der Waals surface area (Å²) in [6.45, 7) is 8.71. The number of ether oxygens (including phenoxy) is 1. The maximum absolute atomic E-state index is 12.3. The molecule has 1 aromatic rings. The van der Waals surface area contributed by atoms with E-state index in [4.69, 9.17) is 4.74 Å². The van der Waals surface area contributed by atoms with Gasteiger partial charge in [0, 0.05) is 12.7 Å². The molecule has 3 N–H and O–H groups in total. The normalized spacial score (nSPS) is 19.7. The lowest BCUT2D eigenvalue weighted by Gasteiger charge is -2.28. The number of aromatic nitrogens is 1. The number of hydrogen-bond donors (Lipinski definition) is 3. The summed E-state index contributed by atoms with van der Waals surface area (Å²) in [5.74, 6) is 0.952. The minimum Gasteiger partial charge on any atom is -0.377 e. The van der Waals surface area contributed by atoms with Crippen LogP contribution in [0.2, 0.25) is 0 Å². The second-order valence-corrected chi connectivity index (χ2v) is 8.23. The van der Waals surface area contributed by atoms with Gasteiger partial charge in [0.1, 0.15) is 0 Å². The van der Waals surface area contributed by atoms with Crippen LogP contribution in [-0.4, -0.2) is 49.8 Å². The molecule has 6 heteroatoms. The van der Waals surface area contributed by atoms with Crippen LogP contribution in [0, 0.1) is 5.92 Å². The van der Waals surface area contributed by atoms with Crippen LogP contribution in [0.1, 0.15) is 67.9 Å². The zero-order valence-electron chi connectivity index (χ0n) is 16.7. The van der Waals surface area contributed by atoms with E-state index >= 15 is 0 Å². The van der Waals surface area contributed by atoms with Gasteiger partial charge in [-0.3, -0.25) is 4.79 Å². The van der Waals surface area contributed by atoms with Crippen LogP contribution in [0.25, 0.3) is 0 Å². The smallest absolute Gasteiger partial charge is 0.272 e. The van der Waals surface area contributed by atoms with Crippen molar-refractivity contribution in [1.82, 2.24) is 15.6 Å². The monoisotopic (exact) mass is 374 g/mol. The average molecular weight is 375 g/mol. The number of hydrogen-bond acceptors (Lipinski definition) is 5. The van der Waals surface area contributed by atoms with E-state index in [9.17, 15) is 4.79 Å². The van der Waals surface area contributed by atoms with Crippen molar-refractivity contribution in [3.05, 3.63) is 23.5 Å². The van der Waals surface area contributed by atoms with Crippen molar-refractivity contribution < 1.29 is 9.53 Å². The Hall–Kier alpha value is -1.66.